The largest absolute Gasteiger partial charge is 0.228 e. The molecular weight excluding hydrogens is 777 g/mol. The number of rotatable bonds is 7. The molecule has 12 rings (SSSR count). The lowest BCUT2D eigenvalue weighted by Gasteiger charge is -2.13. The Bertz CT molecular complexity index is 3260. The van der Waals surface area contributed by atoms with E-state index in [9.17, 15) is 0 Å². The number of hydrogen-bond donors (Lipinski definition) is 0. The van der Waals surface area contributed by atoms with Crippen molar-refractivity contribution in [3.05, 3.63) is 231 Å². The molecule has 0 aliphatic carbocycles. The molecule has 0 aliphatic heterocycles. The Hall–Kier alpha value is -8.60. The zero-order chi connectivity index (χ0) is 42.4. The third-order valence-corrected chi connectivity index (χ3v) is 12.3. The Kier molecular flexibility index (Phi) is 9.12. The monoisotopic (exact) mass is 814 g/mol. The third-order valence-electron chi connectivity index (χ3n) is 12.3. The van der Waals surface area contributed by atoms with Gasteiger partial charge in [-0.05, 0) is 66.3 Å². The summed E-state index contributed by atoms with van der Waals surface area (Å²) in [5, 5.41) is 9.35. The standard InChI is InChI=1S/C60H38N4/c1-5-21-47-41(13-1)17-9-25-51(47)55-37-56(52-26-10-18-42-14-2-6-22-48(42)52)62-59(61-55)45-33-29-39(30-34-45)40-31-35-46(36-32-40)60-63-57(53-27-11-19-43-15-3-7-23-49(43)53)38-58(64-60)54-28-12-20-44-16-4-8-24-50(44)54/h1-38H. The Morgan fingerprint density at radius 2 is 0.438 bits per heavy atom. The minimum absolute atomic E-state index is 0.681. The Labute approximate surface area is 370 Å². The second kappa shape index (κ2) is 15.7. The maximum atomic E-state index is 5.24. The molecule has 0 aliphatic rings. The van der Waals surface area contributed by atoms with E-state index in [1.54, 1.807) is 0 Å². The van der Waals surface area contributed by atoms with E-state index < -0.39 is 0 Å². The van der Waals surface area contributed by atoms with Crippen LogP contribution in [0.4, 0.5) is 0 Å². The molecule has 4 heteroatoms. The predicted molar refractivity (Wildman–Crippen MR) is 266 cm³/mol. The molecule has 0 saturated carbocycles. The molecule has 298 valence electrons. The van der Waals surface area contributed by atoms with Crippen molar-refractivity contribution in [3.63, 3.8) is 0 Å². The van der Waals surface area contributed by atoms with Crippen molar-refractivity contribution in [3.8, 4) is 78.9 Å². The van der Waals surface area contributed by atoms with Crippen LogP contribution in [0.5, 0.6) is 0 Å². The fourth-order valence-electron chi connectivity index (χ4n) is 9.12. The van der Waals surface area contributed by atoms with Crippen molar-refractivity contribution in [2.75, 3.05) is 0 Å². The van der Waals surface area contributed by atoms with Crippen molar-refractivity contribution in [2.24, 2.45) is 0 Å². The lowest BCUT2D eigenvalue weighted by Crippen LogP contribution is -1.97. The summed E-state index contributed by atoms with van der Waals surface area (Å²) >= 11 is 0. The molecule has 0 bridgehead atoms. The minimum Gasteiger partial charge on any atom is -0.228 e. The number of fused-ring (bicyclic) bond motifs is 4. The molecule has 10 aromatic carbocycles. The van der Waals surface area contributed by atoms with Crippen LogP contribution in [0, 0.1) is 0 Å². The highest BCUT2D eigenvalue weighted by molar-refractivity contribution is 6.01. The van der Waals surface area contributed by atoms with Gasteiger partial charge in [0.05, 0.1) is 22.8 Å². The molecule has 12 aromatic rings. The van der Waals surface area contributed by atoms with Gasteiger partial charge < -0.3 is 0 Å². The lowest BCUT2D eigenvalue weighted by atomic mass is 9.98. The van der Waals surface area contributed by atoms with Crippen LogP contribution in [0.25, 0.3) is 122 Å². The van der Waals surface area contributed by atoms with E-state index in [-0.39, 0.29) is 0 Å². The fraction of sp³-hybridized carbons (Fsp3) is 0. The zero-order valence-electron chi connectivity index (χ0n) is 34.7. The predicted octanol–water partition coefficient (Wildman–Crippen LogP) is 15.5. The van der Waals surface area contributed by atoms with Crippen LogP contribution in [0.15, 0.2) is 231 Å². The van der Waals surface area contributed by atoms with E-state index in [4.69, 9.17) is 19.9 Å². The van der Waals surface area contributed by atoms with Gasteiger partial charge in [0.15, 0.2) is 11.6 Å². The van der Waals surface area contributed by atoms with Crippen molar-refractivity contribution < 1.29 is 0 Å². The third kappa shape index (κ3) is 6.75. The summed E-state index contributed by atoms with van der Waals surface area (Å²) in [5.74, 6) is 1.36. The summed E-state index contributed by atoms with van der Waals surface area (Å²) in [5.41, 5.74) is 12.0. The van der Waals surface area contributed by atoms with Crippen LogP contribution in [-0.2, 0) is 0 Å². The molecule has 0 spiro atoms. The molecule has 0 saturated heterocycles. The van der Waals surface area contributed by atoms with Gasteiger partial charge in [-0.3, -0.25) is 0 Å². The van der Waals surface area contributed by atoms with Gasteiger partial charge >= 0.3 is 0 Å². The summed E-state index contributed by atoms with van der Waals surface area (Å²) in [6.07, 6.45) is 0. The Balaban J connectivity index is 0.925. The summed E-state index contributed by atoms with van der Waals surface area (Å²) in [6, 6.07) is 81.0. The average molecular weight is 815 g/mol. The van der Waals surface area contributed by atoms with Crippen LogP contribution in [0.2, 0.25) is 0 Å². The molecule has 0 radical (unpaired) electrons. The molecule has 0 unspecified atom stereocenters. The molecular formula is C60H38N4. The second-order valence-electron chi connectivity index (χ2n) is 16.2. The quantitative estimate of drug-likeness (QED) is 0.161. The Morgan fingerprint density at radius 3 is 0.719 bits per heavy atom. The lowest BCUT2D eigenvalue weighted by molar-refractivity contribution is 1.19. The smallest absolute Gasteiger partial charge is 0.160 e. The van der Waals surface area contributed by atoms with Crippen LogP contribution in [0.1, 0.15) is 0 Å². The van der Waals surface area contributed by atoms with Gasteiger partial charge in [0, 0.05) is 33.4 Å². The number of aromatic nitrogens is 4. The molecule has 0 amide bonds. The number of hydrogen-bond acceptors (Lipinski definition) is 4. The molecule has 0 atom stereocenters. The zero-order valence-corrected chi connectivity index (χ0v) is 34.7. The average Bonchev–Trinajstić information content (AvgIpc) is 3.38. The molecule has 2 heterocycles. The number of benzene rings is 10. The van der Waals surface area contributed by atoms with E-state index in [0.29, 0.717) is 11.6 Å². The van der Waals surface area contributed by atoms with Gasteiger partial charge in [-0.2, -0.15) is 0 Å². The first-order valence-electron chi connectivity index (χ1n) is 21.6. The van der Waals surface area contributed by atoms with E-state index in [1.165, 1.54) is 21.5 Å². The first kappa shape index (κ1) is 37.2. The highest BCUT2D eigenvalue weighted by Gasteiger charge is 2.17. The summed E-state index contributed by atoms with van der Waals surface area (Å²) in [6.45, 7) is 0. The SMILES string of the molecule is c1ccc2c(-c3cc(-c4cccc5ccccc45)nc(-c4ccc(-c5ccc(-c6nc(-c7cccc8ccccc78)cc(-c7cccc8ccccc78)n6)cc5)cc4)n3)cccc2c1. The maximum absolute atomic E-state index is 5.24. The first-order valence-corrected chi connectivity index (χ1v) is 21.6. The normalized spacial score (nSPS) is 11.4. The van der Waals surface area contributed by atoms with E-state index in [0.717, 1.165) is 88.8 Å². The first-order chi connectivity index (χ1) is 31.7. The van der Waals surface area contributed by atoms with Gasteiger partial charge in [-0.1, -0.05) is 218 Å². The second-order valence-corrected chi connectivity index (χ2v) is 16.2. The van der Waals surface area contributed by atoms with Crippen molar-refractivity contribution in [1.29, 1.82) is 0 Å². The van der Waals surface area contributed by atoms with Crippen LogP contribution in [0.3, 0.4) is 0 Å². The van der Waals surface area contributed by atoms with E-state index in [1.807, 2.05) is 0 Å². The topological polar surface area (TPSA) is 51.6 Å². The van der Waals surface area contributed by atoms with Crippen molar-refractivity contribution >= 4 is 43.1 Å². The maximum Gasteiger partial charge on any atom is 0.160 e. The van der Waals surface area contributed by atoms with Crippen LogP contribution >= 0.6 is 0 Å². The highest BCUT2D eigenvalue weighted by atomic mass is 14.9. The summed E-state index contributed by atoms with van der Waals surface area (Å²) in [7, 11) is 0. The van der Waals surface area contributed by atoms with Crippen LogP contribution < -0.4 is 0 Å². The fourth-order valence-corrected chi connectivity index (χ4v) is 9.12. The molecule has 2 aromatic heterocycles. The van der Waals surface area contributed by atoms with Gasteiger partial charge in [0.1, 0.15) is 0 Å². The van der Waals surface area contributed by atoms with Gasteiger partial charge in [-0.25, -0.2) is 19.9 Å². The summed E-state index contributed by atoms with van der Waals surface area (Å²) < 4.78 is 0. The summed E-state index contributed by atoms with van der Waals surface area (Å²) in [4.78, 5) is 21.0. The van der Waals surface area contributed by atoms with E-state index in [2.05, 4.69) is 231 Å². The minimum atomic E-state index is 0.681. The van der Waals surface area contributed by atoms with E-state index >= 15 is 0 Å². The highest BCUT2D eigenvalue weighted by Crippen LogP contribution is 2.37. The van der Waals surface area contributed by atoms with Crippen LogP contribution in [-0.4, -0.2) is 19.9 Å². The van der Waals surface area contributed by atoms with Crippen molar-refractivity contribution in [2.45, 2.75) is 0 Å². The molecule has 0 fully saturated rings. The molecule has 0 N–H and O–H groups in total. The van der Waals surface area contributed by atoms with Gasteiger partial charge in [0.2, 0.25) is 0 Å². The molecule has 4 nitrogen and oxygen atoms in total. The van der Waals surface area contributed by atoms with Gasteiger partial charge in [-0.15, -0.1) is 0 Å². The number of nitrogens with zero attached hydrogens (tertiary/aromatic N) is 4. The molecule has 64 heavy (non-hydrogen) atoms. The van der Waals surface area contributed by atoms with Crippen molar-refractivity contribution in [1.82, 2.24) is 19.9 Å². The Morgan fingerprint density at radius 1 is 0.203 bits per heavy atom. The van der Waals surface area contributed by atoms with Gasteiger partial charge in [0.25, 0.3) is 0 Å².